The number of hydrogen-bond donors (Lipinski definition) is 0. The normalized spacial score (nSPS) is 24.6. The maximum Gasteiger partial charge on any atom is 0.133 e. The molecule has 14 heavy (non-hydrogen) atoms. The van der Waals surface area contributed by atoms with Crippen molar-refractivity contribution >= 4 is 5.84 Å². The summed E-state index contributed by atoms with van der Waals surface area (Å²) in [5.74, 6) is 1.12. The largest absolute Gasteiger partial charge is 0.329 e. The van der Waals surface area contributed by atoms with E-state index < -0.39 is 0 Å². The van der Waals surface area contributed by atoms with Gasteiger partial charge in [-0.05, 0) is 43.4 Å². The van der Waals surface area contributed by atoms with Crippen molar-refractivity contribution in [2.24, 2.45) is 4.99 Å². The summed E-state index contributed by atoms with van der Waals surface area (Å²) in [6.45, 7) is 1.06. The molecule has 0 saturated carbocycles. The second-order valence-corrected chi connectivity index (χ2v) is 4.06. The Kier molecular flexibility index (Phi) is 1.79. The van der Waals surface area contributed by atoms with Gasteiger partial charge in [0.05, 0.1) is 0 Å². The average molecular weight is 186 g/mol. The molecule has 0 bridgehead atoms. The summed E-state index contributed by atoms with van der Waals surface area (Å²) in [5, 5.41) is 0. The van der Waals surface area contributed by atoms with Crippen LogP contribution < -0.4 is 0 Å². The molecular weight excluding hydrogens is 172 g/mol. The minimum absolute atomic E-state index is 1.06. The lowest BCUT2D eigenvalue weighted by atomic mass is 9.94. The Morgan fingerprint density at radius 2 is 2.07 bits per heavy atom. The summed E-state index contributed by atoms with van der Waals surface area (Å²) in [7, 11) is 0. The van der Waals surface area contributed by atoms with Gasteiger partial charge in [0.25, 0.3) is 0 Å². The van der Waals surface area contributed by atoms with Gasteiger partial charge < -0.3 is 4.90 Å². The SMILES string of the molecule is C1=CC2=NC3=C(CCCC3)CN2C=C1. The minimum atomic E-state index is 1.06. The van der Waals surface area contributed by atoms with Crippen LogP contribution in [-0.2, 0) is 0 Å². The van der Waals surface area contributed by atoms with E-state index in [1.807, 2.05) is 0 Å². The fraction of sp³-hybridized carbons (Fsp3) is 0.417. The lowest BCUT2D eigenvalue weighted by Gasteiger charge is -2.31. The summed E-state index contributed by atoms with van der Waals surface area (Å²) in [6, 6.07) is 0. The Morgan fingerprint density at radius 3 is 3.07 bits per heavy atom. The molecule has 0 aromatic carbocycles. The summed E-state index contributed by atoms with van der Waals surface area (Å²) < 4.78 is 0. The van der Waals surface area contributed by atoms with Gasteiger partial charge >= 0.3 is 0 Å². The zero-order valence-electron chi connectivity index (χ0n) is 8.24. The van der Waals surface area contributed by atoms with Gasteiger partial charge in [-0.3, -0.25) is 0 Å². The number of allylic oxidation sites excluding steroid dienone is 3. The molecule has 0 aromatic heterocycles. The summed E-state index contributed by atoms with van der Waals surface area (Å²) in [5.41, 5.74) is 2.92. The van der Waals surface area contributed by atoms with Gasteiger partial charge in [-0.15, -0.1) is 0 Å². The van der Waals surface area contributed by atoms with Crippen molar-refractivity contribution in [1.82, 2.24) is 4.90 Å². The van der Waals surface area contributed by atoms with Gasteiger partial charge in [-0.1, -0.05) is 6.08 Å². The predicted octanol–water partition coefficient (Wildman–Crippen LogP) is 2.61. The Balaban J connectivity index is 1.98. The van der Waals surface area contributed by atoms with Crippen LogP contribution in [0.5, 0.6) is 0 Å². The molecule has 0 fully saturated rings. The molecule has 0 unspecified atom stereocenters. The van der Waals surface area contributed by atoms with E-state index >= 15 is 0 Å². The number of aliphatic imine (C=N–C) groups is 1. The molecule has 0 atom stereocenters. The molecule has 2 heteroatoms. The van der Waals surface area contributed by atoms with Gasteiger partial charge in [0, 0.05) is 18.4 Å². The van der Waals surface area contributed by atoms with Crippen molar-refractivity contribution in [2.45, 2.75) is 25.7 Å². The molecule has 2 nitrogen and oxygen atoms in total. The monoisotopic (exact) mass is 186 g/mol. The predicted molar refractivity (Wildman–Crippen MR) is 57.9 cm³/mol. The van der Waals surface area contributed by atoms with Crippen LogP contribution in [0.25, 0.3) is 0 Å². The first-order valence-corrected chi connectivity index (χ1v) is 5.34. The third kappa shape index (κ3) is 1.22. The van der Waals surface area contributed by atoms with Gasteiger partial charge in [0.15, 0.2) is 0 Å². The van der Waals surface area contributed by atoms with Crippen molar-refractivity contribution in [3.05, 3.63) is 35.7 Å². The second-order valence-electron chi connectivity index (χ2n) is 4.06. The molecule has 3 aliphatic rings. The molecule has 0 aromatic rings. The number of rotatable bonds is 0. The fourth-order valence-electron chi connectivity index (χ4n) is 2.30. The van der Waals surface area contributed by atoms with Crippen LogP contribution in [0.15, 0.2) is 40.7 Å². The van der Waals surface area contributed by atoms with Crippen LogP contribution in [0.1, 0.15) is 25.7 Å². The Labute approximate surface area is 84.3 Å². The maximum atomic E-state index is 4.71. The molecule has 0 radical (unpaired) electrons. The highest BCUT2D eigenvalue weighted by atomic mass is 15.2. The van der Waals surface area contributed by atoms with Crippen molar-refractivity contribution < 1.29 is 0 Å². The first kappa shape index (κ1) is 8.04. The lowest BCUT2D eigenvalue weighted by molar-refractivity contribution is 0.534. The molecule has 0 amide bonds. The van der Waals surface area contributed by atoms with E-state index in [0.29, 0.717) is 0 Å². The van der Waals surface area contributed by atoms with E-state index in [0.717, 1.165) is 12.4 Å². The van der Waals surface area contributed by atoms with Gasteiger partial charge in [0.1, 0.15) is 5.84 Å². The summed E-state index contributed by atoms with van der Waals surface area (Å²) in [6.07, 6.45) is 13.4. The fourth-order valence-corrected chi connectivity index (χ4v) is 2.30. The van der Waals surface area contributed by atoms with E-state index in [-0.39, 0.29) is 0 Å². The van der Waals surface area contributed by atoms with Crippen LogP contribution in [0.3, 0.4) is 0 Å². The standard InChI is InChI=1S/C12H14N2/c1-2-6-11-10(5-1)9-14-8-4-3-7-12(14)13-11/h3-4,7-8H,1-2,5-6,9H2. The first-order valence-electron chi connectivity index (χ1n) is 5.34. The lowest BCUT2D eigenvalue weighted by Crippen LogP contribution is -2.32. The van der Waals surface area contributed by atoms with Gasteiger partial charge in [0.2, 0.25) is 0 Å². The molecule has 0 spiro atoms. The minimum Gasteiger partial charge on any atom is -0.329 e. The Hall–Kier alpha value is -1.31. The highest BCUT2D eigenvalue weighted by molar-refractivity contribution is 5.96. The summed E-state index contributed by atoms with van der Waals surface area (Å²) >= 11 is 0. The van der Waals surface area contributed by atoms with Crippen LogP contribution in [-0.4, -0.2) is 17.3 Å². The third-order valence-corrected chi connectivity index (χ3v) is 3.08. The number of nitrogens with zero attached hydrogens (tertiary/aromatic N) is 2. The van der Waals surface area contributed by atoms with Crippen molar-refractivity contribution in [1.29, 1.82) is 0 Å². The molecule has 72 valence electrons. The third-order valence-electron chi connectivity index (χ3n) is 3.08. The zero-order valence-corrected chi connectivity index (χ0v) is 8.24. The highest BCUT2D eigenvalue weighted by Crippen LogP contribution is 2.30. The smallest absolute Gasteiger partial charge is 0.133 e. The first-order chi connectivity index (χ1) is 6.93. The van der Waals surface area contributed by atoms with Crippen LogP contribution in [0.4, 0.5) is 0 Å². The van der Waals surface area contributed by atoms with E-state index in [1.54, 1.807) is 5.57 Å². The van der Waals surface area contributed by atoms with Crippen molar-refractivity contribution in [3.63, 3.8) is 0 Å². The van der Waals surface area contributed by atoms with E-state index in [9.17, 15) is 0 Å². The number of hydrogen-bond acceptors (Lipinski definition) is 2. The van der Waals surface area contributed by atoms with E-state index in [2.05, 4.69) is 29.3 Å². The molecule has 0 N–H and O–H groups in total. The van der Waals surface area contributed by atoms with Crippen LogP contribution >= 0.6 is 0 Å². The van der Waals surface area contributed by atoms with E-state index in [4.69, 9.17) is 4.99 Å². The highest BCUT2D eigenvalue weighted by Gasteiger charge is 2.21. The quantitative estimate of drug-likeness (QED) is 0.567. The molecule has 3 rings (SSSR count). The van der Waals surface area contributed by atoms with E-state index in [1.165, 1.54) is 31.4 Å². The van der Waals surface area contributed by atoms with Crippen molar-refractivity contribution in [3.8, 4) is 0 Å². The molecule has 2 aliphatic heterocycles. The maximum absolute atomic E-state index is 4.71. The van der Waals surface area contributed by atoms with Crippen LogP contribution in [0, 0.1) is 0 Å². The second kappa shape index (κ2) is 3.12. The molecule has 2 heterocycles. The number of fused-ring (bicyclic) bond motifs is 1. The van der Waals surface area contributed by atoms with Crippen LogP contribution in [0.2, 0.25) is 0 Å². The zero-order chi connectivity index (χ0) is 9.38. The Bertz CT molecular complexity index is 372. The molecular formula is C12H14N2. The van der Waals surface area contributed by atoms with Gasteiger partial charge in [-0.2, -0.15) is 0 Å². The average Bonchev–Trinajstić information content (AvgIpc) is 2.26. The molecule has 1 aliphatic carbocycles. The molecule has 0 saturated heterocycles. The van der Waals surface area contributed by atoms with Gasteiger partial charge in [-0.25, -0.2) is 4.99 Å². The topological polar surface area (TPSA) is 15.6 Å². The number of amidine groups is 1. The summed E-state index contributed by atoms with van der Waals surface area (Å²) in [4.78, 5) is 6.95. The van der Waals surface area contributed by atoms with Crippen molar-refractivity contribution in [2.75, 3.05) is 6.54 Å². The Morgan fingerprint density at radius 1 is 1.14 bits per heavy atom.